The predicted octanol–water partition coefficient (Wildman–Crippen LogP) is 3.26. The van der Waals surface area contributed by atoms with Gasteiger partial charge in [0, 0.05) is 29.0 Å². The van der Waals surface area contributed by atoms with E-state index >= 15 is 0 Å². The monoisotopic (exact) mass is 411 g/mol. The number of nitro groups is 1. The zero-order valence-electron chi connectivity index (χ0n) is 15.4. The number of furan rings is 1. The van der Waals surface area contributed by atoms with Gasteiger partial charge in [0.05, 0.1) is 23.5 Å². The van der Waals surface area contributed by atoms with Gasteiger partial charge in [0.1, 0.15) is 10.8 Å². The van der Waals surface area contributed by atoms with Gasteiger partial charge in [-0.1, -0.05) is 23.9 Å². The van der Waals surface area contributed by atoms with Crippen molar-refractivity contribution in [2.75, 3.05) is 5.75 Å². The second-order valence-electron chi connectivity index (χ2n) is 6.66. The van der Waals surface area contributed by atoms with Gasteiger partial charge in [-0.15, -0.1) is 0 Å². The van der Waals surface area contributed by atoms with E-state index in [9.17, 15) is 19.7 Å². The highest BCUT2D eigenvalue weighted by Crippen LogP contribution is 2.30. The lowest BCUT2D eigenvalue weighted by atomic mass is 10.1. The molecule has 1 aliphatic carbocycles. The summed E-state index contributed by atoms with van der Waals surface area (Å²) < 4.78 is 6.98. The standard InChI is InChI=1S/C20H17N3O5S/c24-18(13-4-1-5-14(10-13)23(26)27)12-29-19-16-7-2-8-17(16)22(20(25)21-19)11-15-6-3-9-28-15/h1,3-6,9-10H,2,7-8,11-12H2. The molecule has 0 saturated carbocycles. The van der Waals surface area contributed by atoms with Crippen LogP contribution in [0.1, 0.15) is 33.8 Å². The molecule has 3 aromatic rings. The van der Waals surface area contributed by atoms with Crippen LogP contribution >= 0.6 is 11.8 Å². The fourth-order valence-electron chi connectivity index (χ4n) is 3.44. The average Bonchev–Trinajstić information content (AvgIpc) is 3.40. The van der Waals surface area contributed by atoms with Crippen molar-refractivity contribution >= 4 is 23.2 Å². The van der Waals surface area contributed by atoms with Gasteiger partial charge < -0.3 is 4.42 Å². The molecule has 0 atom stereocenters. The minimum atomic E-state index is -0.531. The van der Waals surface area contributed by atoms with Gasteiger partial charge in [-0.25, -0.2) is 4.79 Å². The summed E-state index contributed by atoms with van der Waals surface area (Å²) in [7, 11) is 0. The SMILES string of the molecule is O=C(CSc1nc(=O)n(Cc2ccco2)c2c1CCC2)c1cccc([N+](=O)[O-])c1. The molecule has 0 fully saturated rings. The van der Waals surface area contributed by atoms with Gasteiger partial charge in [-0.2, -0.15) is 4.98 Å². The third-order valence-electron chi connectivity index (χ3n) is 4.81. The van der Waals surface area contributed by atoms with Crippen LogP contribution in [0.2, 0.25) is 0 Å². The maximum Gasteiger partial charge on any atom is 0.349 e. The molecule has 0 bridgehead atoms. The lowest BCUT2D eigenvalue weighted by Crippen LogP contribution is -2.27. The minimum Gasteiger partial charge on any atom is -0.467 e. The van der Waals surface area contributed by atoms with Gasteiger partial charge >= 0.3 is 5.69 Å². The van der Waals surface area contributed by atoms with E-state index in [2.05, 4.69) is 4.98 Å². The van der Waals surface area contributed by atoms with Crippen molar-refractivity contribution in [3.05, 3.63) is 85.8 Å². The van der Waals surface area contributed by atoms with E-state index < -0.39 is 4.92 Å². The number of carbonyl (C=O) groups excluding carboxylic acids is 1. The highest BCUT2D eigenvalue weighted by Gasteiger charge is 2.23. The maximum atomic E-state index is 12.6. The average molecular weight is 411 g/mol. The molecule has 4 rings (SSSR count). The number of benzene rings is 1. The van der Waals surface area contributed by atoms with Crippen molar-refractivity contribution in [3.8, 4) is 0 Å². The summed E-state index contributed by atoms with van der Waals surface area (Å²) in [5.41, 5.74) is 1.71. The van der Waals surface area contributed by atoms with Crippen LogP contribution in [0.5, 0.6) is 0 Å². The van der Waals surface area contributed by atoms with E-state index in [1.165, 1.54) is 30.0 Å². The molecule has 1 aliphatic rings. The molecule has 9 heteroatoms. The summed E-state index contributed by atoms with van der Waals surface area (Å²) in [6.45, 7) is 0.332. The molecule has 0 radical (unpaired) electrons. The molecule has 0 N–H and O–H groups in total. The lowest BCUT2D eigenvalue weighted by molar-refractivity contribution is -0.384. The van der Waals surface area contributed by atoms with Gasteiger partial charge in [0.25, 0.3) is 5.69 Å². The zero-order valence-corrected chi connectivity index (χ0v) is 16.2. The van der Waals surface area contributed by atoms with Gasteiger partial charge in [0.15, 0.2) is 5.78 Å². The Morgan fingerprint density at radius 1 is 1.28 bits per heavy atom. The van der Waals surface area contributed by atoms with Gasteiger partial charge in [0.2, 0.25) is 0 Å². The molecular formula is C20H17N3O5S. The van der Waals surface area contributed by atoms with Crippen molar-refractivity contribution in [1.29, 1.82) is 0 Å². The van der Waals surface area contributed by atoms with Crippen LogP contribution in [0.15, 0.2) is 56.9 Å². The van der Waals surface area contributed by atoms with Crippen LogP contribution in [0.25, 0.3) is 0 Å². The third-order valence-corrected chi connectivity index (χ3v) is 5.83. The van der Waals surface area contributed by atoms with Gasteiger partial charge in [-0.05, 0) is 31.4 Å². The Labute approximate surface area is 169 Å². The first kappa shape index (κ1) is 19.1. The Morgan fingerprint density at radius 3 is 2.90 bits per heavy atom. The van der Waals surface area contributed by atoms with Crippen molar-refractivity contribution < 1.29 is 14.1 Å². The summed E-state index contributed by atoms with van der Waals surface area (Å²) in [5.74, 6) is 0.499. The van der Waals surface area contributed by atoms with Crippen LogP contribution in [0.4, 0.5) is 5.69 Å². The van der Waals surface area contributed by atoms with E-state index in [0.29, 0.717) is 17.3 Å². The number of ketones is 1. The van der Waals surface area contributed by atoms with E-state index in [1.54, 1.807) is 23.0 Å². The number of hydrogen-bond acceptors (Lipinski definition) is 7. The van der Waals surface area contributed by atoms with Crippen molar-refractivity contribution in [2.24, 2.45) is 0 Å². The molecule has 1 aromatic carbocycles. The van der Waals surface area contributed by atoms with Crippen molar-refractivity contribution in [2.45, 2.75) is 30.8 Å². The summed E-state index contributed by atoms with van der Waals surface area (Å²) in [6, 6.07) is 9.24. The highest BCUT2D eigenvalue weighted by atomic mass is 32.2. The maximum absolute atomic E-state index is 12.6. The third kappa shape index (κ3) is 4.00. The van der Waals surface area contributed by atoms with Crippen LogP contribution < -0.4 is 5.69 Å². The van der Waals surface area contributed by atoms with E-state index in [1.807, 2.05) is 6.07 Å². The number of thioether (sulfide) groups is 1. The second-order valence-corrected chi connectivity index (χ2v) is 7.63. The number of hydrogen-bond donors (Lipinski definition) is 0. The topological polar surface area (TPSA) is 108 Å². The molecule has 0 amide bonds. The molecule has 0 aliphatic heterocycles. The van der Waals surface area contributed by atoms with Crippen molar-refractivity contribution in [1.82, 2.24) is 9.55 Å². The van der Waals surface area contributed by atoms with E-state index in [-0.39, 0.29) is 28.5 Å². The zero-order chi connectivity index (χ0) is 20.4. The number of non-ortho nitro benzene ring substituents is 1. The normalized spacial score (nSPS) is 12.7. The summed E-state index contributed by atoms with van der Waals surface area (Å²) >= 11 is 1.21. The number of fused-ring (bicyclic) bond motifs is 1. The number of nitrogens with zero attached hydrogens (tertiary/aromatic N) is 3. The fraction of sp³-hybridized carbons (Fsp3) is 0.250. The fourth-order valence-corrected chi connectivity index (χ4v) is 4.41. The molecular weight excluding hydrogens is 394 g/mol. The second kappa shape index (κ2) is 8.04. The number of carbonyl (C=O) groups is 1. The van der Waals surface area contributed by atoms with Crippen LogP contribution in [-0.2, 0) is 19.4 Å². The largest absolute Gasteiger partial charge is 0.467 e. The molecule has 8 nitrogen and oxygen atoms in total. The van der Waals surface area contributed by atoms with Crippen LogP contribution in [0, 0.1) is 10.1 Å². The Morgan fingerprint density at radius 2 is 2.14 bits per heavy atom. The summed E-state index contributed by atoms with van der Waals surface area (Å²) in [5, 5.41) is 11.5. The first-order chi connectivity index (χ1) is 14.0. The molecule has 29 heavy (non-hydrogen) atoms. The molecule has 0 unspecified atom stereocenters. The molecule has 0 saturated heterocycles. The molecule has 148 valence electrons. The first-order valence-corrected chi connectivity index (χ1v) is 10.1. The summed E-state index contributed by atoms with van der Waals surface area (Å²) in [6.07, 6.45) is 4.07. The number of rotatable bonds is 7. The van der Waals surface area contributed by atoms with Crippen LogP contribution in [0.3, 0.4) is 0 Å². The summed E-state index contributed by atoms with van der Waals surface area (Å²) in [4.78, 5) is 39.7. The molecule has 0 spiro atoms. The predicted molar refractivity (Wildman–Crippen MR) is 106 cm³/mol. The Hall–Kier alpha value is -3.20. The first-order valence-electron chi connectivity index (χ1n) is 9.08. The quantitative estimate of drug-likeness (QED) is 0.193. The molecule has 2 heterocycles. The smallest absolute Gasteiger partial charge is 0.349 e. The lowest BCUT2D eigenvalue weighted by Gasteiger charge is -2.13. The van der Waals surface area contributed by atoms with E-state index in [4.69, 9.17) is 4.42 Å². The number of Topliss-reactive ketones (excluding diaryl/α,β-unsaturated/α-hetero) is 1. The molecule has 2 aromatic heterocycles. The Kier molecular flexibility index (Phi) is 5.30. The van der Waals surface area contributed by atoms with Gasteiger partial charge in [-0.3, -0.25) is 19.5 Å². The Bertz CT molecular complexity index is 1140. The number of nitro benzene ring substituents is 1. The highest BCUT2D eigenvalue weighted by molar-refractivity contribution is 8.00. The Balaban J connectivity index is 1.55. The minimum absolute atomic E-state index is 0.0578. The number of aromatic nitrogens is 2. The van der Waals surface area contributed by atoms with E-state index in [0.717, 1.165) is 30.5 Å². The van der Waals surface area contributed by atoms with Crippen molar-refractivity contribution in [3.63, 3.8) is 0 Å². The van der Waals surface area contributed by atoms with Crippen LogP contribution in [-0.4, -0.2) is 26.0 Å².